The van der Waals surface area contributed by atoms with Gasteiger partial charge in [-0.15, -0.1) is 0 Å². The molecule has 0 amide bonds. The smallest absolute Gasteiger partial charge is 0.336 e. The fraction of sp³-hybridized carbons (Fsp3) is 0.357. The van der Waals surface area contributed by atoms with E-state index < -0.39 is 11.4 Å². The first-order valence-electron chi connectivity index (χ1n) is 5.80. The SMILES string of the molecule is Cc1cc2c(C)cc(=O)oc2c(F)c1OC(C)C. The maximum Gasteiger partial charge on any atom is 0.336 e. The summed E-state index contributed by atoms with van der Waals surface area (Å²) in [6, 6.07) is 3.12. The van der Waals surface area contributed by atoms with Crippen LogP contribution in [-0.2, 0) is 0 Å². The van der Waals surface area contributed by atoms with Gasteiger partial charge < -0.3 is 9.15 Å². The number of fused-ring (bicyclic) bond motifs is 1. The number of hydrogen-bond acceptors (Lipinski definition) is 3. The summed E-state index contributed by atoms with van der Waals surface area (Å²) < 4.78 is 24.7. The van der Waals surface area contributed by atoms with Gasteiger partial charge in [0.15, 0.2) is 11.3 Å². The lowest BCUT2D eigenvalue weighted by Crippen LogP contribution is -2.09. The summed E-state index contributed by atoms with van der Waals surface area (Å²) in [4.78, 5) is 11.3. The average Bonchev–Trinajstić information content (AvgIpc) is 2.26. The van der Waals surface area contributed by atoms with Crippen molar-refractivity contribution in [3.8, 4) is 5.75 Å². The second-order valence-corrected chi connectivity index (χ2v) is 4.63. The van der Waals surface area contributed by atoms with Crippen LogP contribution in [0.3, 0.4) is 0 Å². The zero-order chi connectivity index (χ0) is 13.4. The van der Waals surface area contributed by atoms with Gasteiger partial charge in [-0.3, -0.25) is 0 Å². The second-order valence-electron chi connectivity index (χ2n) is 4.63. The molecule has 0 unspecified atom stereocenters. The first-order valence-corrected chi connectivity index (χ1v) is 5.80. The third kappa shape index (κ3) is 2.10. The summed E-state index contributed by atoms with van der Waals surface area (Å²) in [6.07, 6.45) is -0.146. The molecule has 2 rings (SSSR count). The van der Waals surface area contributed by atoms with Crippen LogP contribution in [0.5, 0.6) is 5.75 Å². The molecule has 0 saturated carbocycles. The molecule has 0 N–H and O–H groups in total. The summed E-state index contributed by atoms with van der Waals surface area (Å²) in [5.41, 5.74) is 0.782. The zero-order valence-corrected chi connectivity index (χ0v) is 10.8. The van der Waals surface area contributed by atoms with Crippen molar-refractivity contribution in [2.24, 2.45) is 0 Å². The number of halogens is 1. The Morgan fingerprint density at radius 1 is 1.22 bits per heavy atom. The van der Waals surface area contributed by atoms with Gasteiger partial charge in [-0.05, 0) is 44.9 Å². The number of rotatable bonds is 2. The van der Waals surface area contributed by atoms with Crippen LogP contribution >= 0.6 is 0 Å². The largest absolute Gasteiger partial charge is 0.488 e. The Hall–Kier alpha value is -1.84. The summed E-state index contributed by atoms with van der Waals surface area (Å²) in [6.45, 7) is 7.15. The third-order valence-electron chi connectivity index (χ3n) is 2.68. The molecule has 1 heterocycles. The Balaban J connectivity index is 2.80. The molecule has 0 radical (unpaired) electrons. The van der Waals surface area contributed by atoms with Crippen LogP contribution in [0.2, 0.25) is 0 Å². The number of benzene rings is 1. The maximum absolute atomic E-state index is 14.3. The predicted molar refractivity (Wildman–Crippen MR) is 67.7 cm³/mol. The highest BCUT2D eigenvalue weighted by molar-refractivity contribution is 5.83. The van der Waals surface area contributed by atoms with E-state index in [0.29, 0.717) is 16.5 Å². The van der Waals surface area contributed by atoms with Crippen molar-refractivity contribution in [1.82, 2.24) is 0 Å². The van der Waals surface area contributed by atoms with Gasteiger partial charge in [0, 0.05) is 11.5 Å². The number of hydrogen-bond donors (Lipinski definition) is 0. The van der Waals surface area contributed by atoms with Crippen molar-refractivity contribution in [3.63, 3.8) is 0 Å². The van der Waals surface area contributed by atoms with Crippen LogP contribution in [0.25, 0.3) is 11.0 Å². The van der Waals surface area contributed by atoms with Gasteiger partial charge in [0.25, 0.3) is 0 Å². The van der Waals surface area contributed by atoms with Gasteiger partial charge >= 0.3 is 5.63 Å². The van der Waals surface area contributed by atoms with E-state index in [1.54, 1.807) is 19.9 Å². The molecule has 18 heavy (non-hydrogen) atoms. The van der Waals surface area contributed by atoms with Crippen LogP contribution in [0.15, 0.2) is 21.3 Å². The van der Waals surface area contributed by atoms with Crippen LogP contribution in [0.4, 0.5) is 4.39 Å². The van der Waals surface area contributed by atoms with Crippen molar-refractivity contribution in [1.29, 1.82) is 0 Å². The third-order valence-corrected chi connectivity index (χ3v) is 2.68. The van der Waals surface area contributed by atoms with Crippen LogP contribution < -0.4 is 10.4 Å². The molecular weight excluding hydrogens is 235 g/mol. The highest BCUT2D eigenvalue weighted by Crippen LogP contribution is 2.31. The van der Waals surface area contributed by atoms with Gasteiger partial charge in [0.1, 0.15) is 0 Å². The van der Waals surface area contributed by atoms with E-state index in [-0.39, 0.29) is 17.4 Å². The van der Waals surface area contributed by atoms with Gasteiger partial charge in [-0.2, -0.15) is 4.39 Å². The fourth-order valence-corrected chi connectivity index (χ4v) is 1.90. The molecular formula is C14H15FO3. The van der Waals surface area contributed by atoms with Gasteiger partial charge in [-0.25, -0.2) is 4.79 Å². The fourth-order valence-electron chi connectivity index (χ4n) is 1.90. The van der Waals surface area contributed by atoms with E-state index in [2.05, 4.69) is 0 Å². The van der Waals surface area contributed by atoms with Crippen molar-refractivity contribution >= 4 is 11.0 Å². The average molecular weight is 250 g/mol. The summed E-state index contributed by atoms with van der Waals surface area (Å²) >= 11 is 0. The molecule has 1 aromatic heterocycles. The molecule has 0 saturated heterocycles. The van der Waals surface area contributed by atoms with Crippen molar-refractivity contribution in [2.45, 2.75) is 33.8 Å². The Morgan fingerprint density at radius 3 is 2.50 bits per heavy atom. The molecule has 1 aromatic carbocycles. The predicted octanol–water partition coefficient (Wildman–Crippen LogP) is 3.34. The minimum Gasteiger partial charge on any atom is -0.488 e. The lowest BCUT2D eigenvalue weighted by Gasteiger charge is -2.14. The Morgan fingerprint density at radius 2 is 1.89 bits per heavy atom. The second kappa shape index (κ2) is 4.44. The molecule has 0 atom stereocenters. The summed E-state index contributed by atoms with van der Waals surface area (Å²) in [7, 11) is 0. The highest BCUT2D eigenvalue weighted by Gasteiger charge is 2.17. The van der Waals surface area contributed by atoms with E-state index >= 15 is 0 Å². The Labute approximate surface area is 104 Å². The maximum atomic E-state index is 14.3. The van der Waals surface area contributed by atoms with E-state index in [4.69, 9.17) is 9.15 Å². The summed E-state index contributed by atoms with van der Waals surface area (Å²) in [5, 5.41) is 0.598. The molecule has 0 aliphatic rings. The molecule has 4 heteroatoms. The lowest BCUT2D eigenvalue weighted by atomic mass is 10.1. The molecule has 3 nitrogen and oxygen atoms in total. The quantitative estimate of drug-likeness (QED) is 0.767. The van der Waals surface area contributed by atoms with Crippen molar-refractivity contribution in [3.05, 3.63) is 39.5 Å². The van der Waals surface area contributed by atoms with E-state index in [9.17, 15) is 9.18 Å². The first kappa shape index (κ1) is 12.6. The lowest BCUT2D eigenvalue weighted by molar-refractivity contribution is 0.229. The Kier molecular flexibility index (Phi) is 3.11. The molecule has 2 aromatic rings. The number of ether oxygens (including phenoxy) is 1. The van der Waals surface area contributed by atoms with E-state index in [0.717, 1.165) is 0 Å². The molecule has 0 bridgehead atoms. The molecule has 0 spiro atoms. The minimum atomic E-state index is -0.612. The minimum absolute atomic E-state index is 0.0405. The van der Waals surface area contributed by atoms with Crippen LogP contribution in [0, 0.1) is 19.7 Å². The zero-order valence-electron chi connectivity index (χ0n) is 10.8. The normalized spacial score (nSPS) is 11.2. The molecule has 0 fully saturated rings. The van der Waals surface area contributed by atoms with Crippen molar-refractivity contribution in [2.75, 3.05) is 0 Å². The number of aryl methyl sites for hydroxylation is 2. The van der Waals surface area contributed by atoms with E-state index in [1.165, 1.54) is 6.07 Å². The van der Waals surface area contributed by atoms with Gasteiger partial charge in [0.05, 0.1) is 6.10 Å². The highest BCUT2D eigenvalue weighted by atomic mass is 19.1. The van der Waals surface area contributed by atoms with Gasteiger partial charge in [-0.1, -0.05) is 0 Å². The summed E-state index contributed by atoms with van der Waals surface area (Å²) in [5.74, 6) is -0.467. The standard InChI is InChI=1S/C14H15FO3/c1-7(2)17-13-9(4)5-10-8(3)6-11(16)18-14(10)12(13)15/h5-7H,1-4H3. The molecule has 96 valence electrons. The topological polar surface area (TPSA) is 39.4 Å². The monoisotopic (exact) mass is 250 g/mol. The van der Waals surface area contributed by atoms with Crippen molar-refractivity contribution < 1.29 is 13.5 Å². The van der Waals surface area contributed by atoms with Gasteiger partial charge in [0.2, 0.25) is 5.82 Å². The Bertz CT molecular complexity index is 656. The van der Waals surface area contributed by atoms with Crippen LogP contribution in [0.1, 0.15) is 25.0 Å². The van der Waals surface area contributed by atoms with E-state index in [1.807, 2.05) is 13.8 Å². The van der Waals surface area contributed by atoms with Crippen LogP contribution in [-0.4, -0.2) is 6.10 Å². The molecule has 0 aliphatic heterocycles. The molecule has 0 aliphatic carbocycles. The first-order chi connectivity index (χ1) is 8.40.